The molecule has 0 saturated heterocycles. The fourth-order valence-corrected chi connectivity index (χ4v) is 12.2. The lowest BCUT2D eigenvalue weighted by molar-refractivity contribution is -0.163. The van der Waals surface area contributed by atoms with Crippen LogP contribution in [-0.2, 0) is 14.3 Å². The number of benzene rings is 1. The molecule has 9 atom stereocenters. The second kappa shape index (κ2) is 19.2. The van der Waals surface area contributed by atoms with Crippen LogP contribution in [0, 0.1) is 52.3 Å². The zero-order valence-corrected chi connectivity index (χ0v) is 35.2. The highest BCUT2D eigenvalue weighted by atomic mass is 16.5. The summed E-state index contributed by atoms with van der Waals surface area (Å²) in [5.74, 6) is 5.34. The van der Waals surface area contributed by atoms with Crippen molar-refractivity contribution in [2.24, 2.45) is 52.3 Å². The summed E-state index contributed by atoms with van der Waals surface area (Å²) in [7, 11) is 0. The predicted molar refractivity (Wildman–Crippen MR) is 229 cm³/mol. The van der Waals surface area contributed by atoms with E-state index in [0.717, 1.165) is 66.1 Å². The molecule has 9 unspecified atom stereocenters. The Bertz CT molecular complexity index is 1440. The van der Waals surface area contributed by atoms with E-state index >= 15 is 0 Å². The van der Waals surface area contributed by atoms with Crippen molar-refractivity contribution in [1.82, 2.24) is 0 Å². The van der Waals surface area contributed by atoms with Gasteiger partial charge in [-0.1, -0.05) is 78.2 Å². The number of hydrogen-bond acceptors (Lipinski definition) is 6. The number of ether oxygens (including phenoxy) is 2. The molecule has 6 nitrogen and oxygen atoms in total. The van der Waals surface area contributed by atoms with Crippen LogP contribution in [0.1, 0.15) is 125 Å². The van der Waals surface area contributed by atoms with Gasteiger partial charge in [0.2, 0.25) is 0 Å². The van der Waals surface area contributed by atoms with Crippen molar-refractivity contribution in [2.45, 2.75) is 131 Å². The molecule has 0 bridgehead atoms. The summed E-state index contributed by atoms with van der Waals surface area (Å²) in [6.45, 7) is 30.6. The summed E-state index contributed by atoms with van der Waals surface area (Å²) in [5.41, 5.74) is 2.61. The van der Waals surface area contributed by atoms with E-state index in [2.05, 4.69) is 76.8 Å². The first-order valence-electron chi connectivity index (χ1n) is 21.8. The van der Waals surface area contributed by atoms with Crippen molar-refractivity contribution < 1.29 is 19.1 Å². The molecular weight excluding hydrogens is 681 g/mol. The smallest absolute Gasteiger partial charge is 0.311 e. The average Bonchev–Trinajstić information content (AvgIpc) is 3.51. The van der Waals surface area contributed by atoms with Crippen LogP contribution in [-0.4, -0.2) is 44.2 Å². The Morgan fingerprint density at radius 1 is 0.745 bits per heavy atom. The Labute approximate surface area is 334 Å². The molecule has 55 heavy (non-hydrogen) atoms. The molecule has 0 spiro atoms. The number of carbonyl (C=O) groups is 2. The van der Waals surface area contributed by atoms with Gasteiger partial charge in [-0.25, -0.2) is 0 Å². The minimum atomic E-state index is -0.448. The molecule has 1 aromatic carbocycles. The number of nitrogens with zero attached hydrogens (tertiary/aromatic N) is 2. The van der Waals surface area contributed by atoms with Crippen molar-refractivity contribution in [2.75, 3.05) is 36.0 Å². The number of esters is 2. The van der Waals surface area contributed by atoms with Crippen LogP contribution >= 0.6 is 0 Å². The standard InChI is InChI=1S/C49H74N2O4/c1-10-27-50(28-11-2)38-32-39(51(29-12-3)30-13-4)34-41(33-38)55-47(53)22-21-46(52)54-40-23-25-48(8)37(31-40)17-18-42-44-20-19-43(36(7)16-14-15-35(5)6)49(44,9)26-24-45(42)48/h10-13,32-37,40,42-45H,1-4,14-31H2,5-9H3. The predicted octanol–water partition coefficient (Wildman–Crippen LogP) is 11.8. The number of carbonyl (C=O) groups excluding carboxylic acids is 2. The first-order valence-corrected chi connectivity index (χ1v) is 21.8. The van der Waals surface area contributed by atoms with E-state index in [1.165, 1.54) is 57.8 Å². The Balaban J connectivity index is 1.14. The average molecular weight is 755 g/mol. The Kier molecular flexibility index (Phi) is 15.0. The summed E-state index contributed by atoms with van der Waals surface area (Å²) in [5, 5.41) is 0. The molecule has 0 aliphatic heterocycles. The van der Waals surface area contributed by atoms with Crippen molar-refractivity contribution in [3.8, 4) is 5.75 Å². The van der Waals surface area contributed by atoms with Crippen LogP contribution in [0.15, 0.2) is 68.8 Å². The van der Waals surface area contributed by atoms with E-state index in [9.17, 15) is 9.59 Å². The van der Waals surface area contributed by atoms with Crippen LogP contribution in [0.3, 0.4) is 0 Å². The zero-order valence-electron chi connectivity index (χ0n) is 35.2. The maximum Gasteiger partial charge on any atom is 0.311 e. The van der Waals surface area contributed by atoms with Gasteiger partial charge in [0, 0.05) is 49.7 Å². The quantitative estimate of drug-likeness (QED) is 0.0750. The lowest BCUT2D eigenvalue weighted by Gasteiger charge is -2.61. The first-order chi connectivity index (χ1) is 26.4. The van der Waals surface area contributed by atoms with E-state index in [1.807, 2.05) is 36.4 Å². The van der Waals surface area contributed by atoms with E-state index in [-0.39, 0.29) is 24.9 Å². The highest BCUT2D eigenvalue weighted by molar-refractivity contribution is 5.80. The molecule has 4 fully saturated rings. The maximum atomic E-state index is 13.2. The molecular formula is C49H74N2O4. The minimum Gasteiger partial charge on any atom is -0.462 e. The van der Waals surface area contributed by atoms with Gasteiger partial charge in [0.1, 0.15) is 11.9 Å². The lowest BCUT2D eigenvalue weighted by Crippen LogP contribution is -2.54. The molecule has 0 amide bonds. The van der Waals surface area contributed by atoms with Crippen LogP contribution in [0.2, 0.25) is 0 Å². The van der Waals surface area contributed by atoms with Gasteiger partial charge >= 0.3 is 11.9 Å². The van der Waals surface area contributed by atoms with Gasteiger partial charge in [0.05, 0.1) is 12.8 Å². The van der Waals surface area contributed by atoms with Gasteiger partial charge in [-0.3, -0.25) is 9.59 Å². The summed E-state index contributed by atoms with van der Waals surface area (Å²) in [6.07, 6.45) is 22.7. The van der Waals surface area contributed by atoms with Crippen molar-refractivity contribution >= 4 is 23.3 Å². The highest BCUT2D eigenvalue weighted by Gasteiger charge is 2.60. The molecule has 0 aromatic heterocycles. The van der Waals surface area contributed by atoms with E-state index in [4.69, 9.17) is 9.47 Å². The second-order valence-corrected chi connectivity index (χ2v) is 18.7. The third kappa shape index (κ3) is 10.0. The molecule has 6 heteroatoms. The largest absolute Gasteiger partial charge is 0.462 e. The van der Waals surface area contributed by atoms with E-state index < -0.39 is 5.97 Å². The normalized spacial score (nSPS) is 30.2. The number of fused-ring (bicyclic) bond motifs is 5. The summed E-state index contributed by atoms with van der Waals surface area (Å²) in [4.78, 5) is 30.5. The van der Waals surface area contributed by atoms with Gasteiger partial charge in [-0.15, -0.1) is 26.3 Å². The minimum absolute atomic E-state index is 0.0178. The maximum absolute atomic E-state index is 13.2. The van der Waals surface area contributed by atoms with Crippen LogP contribution in [0.25, 0.3) is 0 Å². The number of anilines is 2. The zero-order chi connectivity index (χ0) is 39.8. The van der Waals surface area contributed by atoms with Gasteiger partial charge in [-0.2, -0.15) is 0 Å². The molecule has 1 aromatic rings. The Morgan fingerprint density at radius 3 is 1.93 bits per heavy atom. The summed E-state index contributed by atoms with van der Waals surface area (Å²) in [6, 6.07) is 5.77. The summed E-state index contributed by atoms with van der Waals surface area (Å²) < 4.78 is 12.0. The molecule has 4 aliphatic rings. The topological polar surface area (TPSA) is 59.1 Å². The van der Waals surface area contributed by atoms with Crippen molar-refractivity contribution in [3.05, 3.63) is 68.8 Å². The SMILES string of the molecule is C=CCN(CC=C)c1cc(OC(=O)CCC(=O)OC2CCC3(C)C(CCC4C3CCC3(C)C(C(C)CCCC(C)C)CCC43)C2)cc(N(CC=C)CC=C)c1. The molecule has 0 heterocycles. The number of rotatable bonds is 20. The van der Waals surface area contributed by atoms with Crippen molar-refractivity contribution in [1.29, 1.82) is 0 Å². The number of hydrogen-bond donors (Lipinski definition) is 0. The third-order valence-corrected chi connectivity index (χ3v) is 14.9. The van der Waals surface area contributed by atoms with E-state index in [0.29, 0.717) is 48.7 Å². The van der Waals surface area contributed by atoms with Crippen LogP contribution < -0.4 is 14.5 Å². The second-order valence-electron chi connectivity index (χ2n) is 18.7. The molecule has 0 radical (unpaired) electrons. The highest BCUT2D eigenvalue weighted by Crippen LogP contribution is 2.68. The fourth-order valence-electron chi connectivity index (χ4n) is 12.2. The Hall–Kier alpha value is -3.28. The van der Waals surface area contributed by atoms with Gasteiger partial charge in [0.15, 0.2) is 0 Å². The molecule has 304 valence electrons. The monoisotopic (exact) mass is 755 g/mol. The third-order valence-electron chi connectivity index (χ3n) is 14.9. The molecule has 0 N–H and O–H groups in total. The fraction of sp³-hybridized carbons (Fsp3) is 0.673. The molecule has 5 rings (SSSR count). The van der Waals surface area contributed by atoms with Crippen LogP contribution in [0.5, 0.6) is 5.75 Å². The van der Waals surface area contributed by atoms with Gasteiger partial charge in [0.25, 0.3) is 0 Å². The molecule has 4 saturated carbocycles. The van der Waals surface area contributed by atoms with Crippen LogP contribution in [0.4, 0.5) is 11.4 Å². The van der Waals surface area contributed by atoms with Gasteiger partial charge < -0.3 is 19.3 Å². The molecule has 4 aliphatic carbocycles. The van der Waals surface area contributed by atoms with Crippen molar-refractivity contribution in [3.63, 3.8) is 0 Å². The Morgan fingerprint density at radius 2 is 1.33 bits per heavy atom. The lowest BCUT2D eigenvalue weighted by atomic mass is 9.44. The van der Waals surface area contributed by atoms with E-state index in [1.54, 1.807) is 0 Å². The van der Waals surface area contributed by atoms with Gasteiger partial charge in [-0.05, 0) is 116 Å². The summed E-state index contributed by atoms with van der Waals surface area (Å²) >= 11 is 0. The first kappa shape index (κ1) is 42.9.